The van der Waals surface area contributed by atoms with Crippen molar-refractivity contribution in [2.75, 3.05) is 6.54 Å². The van der Waals surface area contributed by atoms with E-state index in [0.29, 0.717) is 11.6 Å². The number of benzene rings is 1. The predicted octanol–water partition coefficient (Wildman–Crippen LogP) is 2.34. The number of hydrogen-bond donors (Lipinski definition) is 3. The number of nitrogens with two attached hydrogens (primary N) is 1. The molecule has 1 heterocycles. The van der Waals surface area contributed by atoms with Gasteiger partial charge in [0.2, 0.25) is 0 Å². The van der Waals surface area contributed by atoms with Crippen molar-refractivity contribution in [1.29, 1.82) is 0 Å². The highest BCUT2D eigenvalue weighted by Gasteiger charge is 2.13. The summed E-state index contributed by atoms with van der Waals surface area (Å²) in [4.78, 5) is 3.21. The van der Waals surface area contributed by atoms with Crippen LogP contribution in [0.3, 0.4) is 0 Å². The minimum atomic E-state index is 0.141. The van der Waals surface area contributed by atoms with Crippen molar-refractivity contribution in [1.82, 2.24) is 4.98 Å². The zero-order chi connectivity index (χ0) is 11.0. The van der Waals surface area contributed by atoms with E-state index < -0.39 is 0 Å². The van der Waals surface area contributed by atoms with Crippen molar-refractivity contribution in [3.63, 3.8) is 0 Å². The molecule has 0 aliphatic heterocycles. The summed E-state index contributed by atoms with van der Waals surface area (Å²) in [6, 6.07) is 3.55. The van der Waals surface area contributed by atoms with Gasteiger partial charge < -0.3 is 15.8 Å². The van der Waals surface area contributed by atoms with Gasteiger partial charge in [-0.15, -0.1) is 0 Å². The quantitative estimate of drug-likeness (QED) is 0.733. The first-order valence-electron chi connectivity index (χ1n) is 4.84. The molecule has 4 heteroatoms. The number of aromatic amines is 1. The summed E-state index contributed by atoms with van der Waals surface area (Å²) in [5, 5.41) is 11.1. The number of phenols is 1. The third kappa shape index (κ3) is 1.58. The number of aryl methyl sites for hydroxylation is 1. The lowest BCUT2D eigenvalue weighted by molar-refractivity contribution is 0.481. The third-order valence-corrected chi connectivity index (χ3v) is 2.90. The average Bonchev–Trinajstić information content (AvgIpc) is 2.51. The lowest BCUT2D eigenvalue weighted by Gasteiger charge is -2.02. The molecule has 0 bridgehead atoms. The Morgan fingerprint density at radius 3 is 2.87 bits per heavy atom. The van der Waals surface area contributed by atoms with Crippen LogP contribution in [0.1, 0.15) is 11.3 Å². The lowest BCUT2D eigenvalue weighted by atomic mass is 10.1. The molecule has 15 heavy (non-hydrogen) atoms. The fraction of sp³-hybridized carbons (Fsp3) is 0.273. The molecule has 3 nitrogen and oxygen atoms in total. The molecule has 0 amide bonds. The first kappa shape index (κ1) is 10.3. The van der Waals surface area contributed by atoms with Crippen LogP contribution >= 0.6 is 11.6 Å². The van der Waals surface area contributed by atoms with Crippen LogP contribution in [0.15, 0.2) is 12.1 Å². The number of halogens is 1. The Bertz CT molecular complexity index is 505. The van der Waals surface area contributed by atoms with Crippen LogP contribution in [0.2, 0.25) is 5.02 Å². The predicted molar refractivity (Wildman–Crippen MR) is 62.5 cm³/mol. The van der Waals surface area contributed by atoms with E-state index in [4.69, 9.17) is 17.3 Å². The van der Waals surface area contributed by atoms with E-state index >= 15 is 0 Å². The molecule has 80 valence electrons. The molecule has 1 aromatic carbocycles. The third-order valence-electron chi connectivity index (χ3n) is 2.60. The Balaban J connectivity index is 2.77. The van der Waals surface area contributed by atoms with Crippen LogP contribution in [0.4, 0.5) is 0 Å². The lowest BCUT2D eigenvalue weighted by Crippen LogP contribution is -2.03. The van der Waals surface area contributed by atoms with Gasteiger partial charge in [0.1, 0.15) is 5.75 Å². The van der Waals surface area contributed by atoms with Gasteiger partial charge in [0.15, 0.2) is 0 Å². The van der Waals surface area contributed by atoms with Crippen molar-refractivity contribution in [2.45, 2.75) is 13.3 Å². The SMILES string of the molecule is Cc1[nH]c2ccc(Cl)c(O)c2c1CCN. The number of aromatic nitrogens is 1. The molecule has 1 aromatic heterocycles. The van der Waals surface area contributed by atoms with E-state index in [9.17, 15) is 5.11 Å². The second kappa shape index (κ2) is 3.76. The monoisotopic (exact) mass is 224 g/mol. The number of aromatic hydroxyl groups is 1. The van der Waals surface area contributed by atoms with Crippen molar-refractivity contribution in [2.24, 2.45) is 5.73 Å². The van der Waals surface area contributed by atoms with E-state index in [1.807, 2.05) is 13.0 Å². The Morgan fingerprint density at radius 2 is 2.20 bits per heavy atom. The van der Waals surface area contributed by atoms with Crippen molar-refractivity contribution in [3.05, 3.63) is 28.4 Å². The first-order chi connectivity index (χ1) is 7.15. The number of hydrogen-bond acceptors (Lipinski definition) is 2. The number of nitrogens with one attached hydrogen (secondary N) is 1. The van der Waals surface area contributed by atoms with E-state index in [-0.39, 0.29) is 5.75 Å². The highest BCUT2D eigenvalue weighted by Crippen LogP contribution is 2.35. The van der Waals surface area contributed by atoms with Gasteiger partial charge in [-0.25, -0.2) is 0 Å². The molecule has 0 aliphatic carbocycles. The Labute approximate surface area is 92.9 Å². The zero-order valence-electron chi connectivity index (χ0n) is 8.47. The smallest absolute Gasteiger partial charge is 0.143 e. The maximum Gasteiger partial charge on any atom is 0.143 e. The van der Waals surface area contributed by atoms with Crippen molar-refractivity contribution < 1.29 is 5.11 Å². The van der Waals surface area contributed by atoms with Gasteiger partial charge in [-0.2, -0.15) is 0 Å². The van der Waals surface area contributed by atoms with Crippen molar-refractivity contribution >= 4 is 22.5 Å². The standard InChI is InChI=1S/C11H13ClN2O/c1-6-7(4-5-13)10-9(14-6)3-2-8(12)11(10)15/h2-3,14-15H,4-5,13H2,1H3. The Hall–Kier alpha value is -1.19. The molecule has 0 saturated heterocycles. The van der Waals surface area contributed by atoms with Gasteiger partial charge in [-0.1, -0.05) is 11.6 Å². The van der Waals surface area contributed by atoms with Crippen LogP contribution in [-0.2, 0) is 6.42 Å². The minimum Gasteiger partial charge on any atom is -0.506 e. The van der Waals surface area contributed by atoms with Crippen LogP contribution in [0.5, 0.6) is 5.75 Å². The maximum atomic E-state index is 9.89. The average molecular weight is 225 g/mol. The molecule has 0 atom stereocenters. The summed E-state index contributed by atoms with van der Waals surface area (Å²) in [7, 11) is 0. The van der Waals surface area contributed by atoms with Gasteiger partial charge in [-0.05, 0) is 37.6 Å². The molecule has 0 unspecified atom stereocenters. The number of phenolic OH excluding ortho intramolecular Hbond substituents is 1. The van der Waals surface area contributed by atoms with Gasteiger partial charge in [0.05, 0.1) is 5.02 Å². The van der Waals surface area contributed by atoms with Crippen LogP contribution in [-0.4, -0.2) is 16.6 Å². The summed E-state index contributed by atoms with van der Waals surface area (Å²) < 4.78 is 0. The van der Waals surface area contributed by atoms with Gasteiger partial charge in [0, 0.05) is 16.6 Å². The molecule has 2 aromatic rings. The highest BCUT2D eigenvalue weighted by molar-refractivity contribution is 6.33. The summed E-state index contributed by atoms with van der Waals surface area (Å²) in [5.74, 6) is 0.141. The van der Waals surface area contributed by atoms with Gasteiger partial charge >= 0.3 is 0 Å². The highest BCUT2D eigenvalue weighted by atomic mass is 35.5. The Morgan fingerprint density at radius 1 is 1.47 bits per heavy atom. The molecular formula is C11H13ClN2O. The second-order valence-corrected chi connectivity index (χ2v) is 3.99. The first-order valence-corrected chi connectivity index (χ1v) is 5.21. The number of H-pyrrole nitrogens is 1. The molecule has 4 N–H and O–H groups in total. The fourth-order valence-corrected chi connectivity index (χ4v) is 2.05. The van der Waals surface area contributed by atoms with E-state index in [0.717, 1.165) is 28.6 Å². The molecular weight excluding hydrogens is 212 g/mol. The Kier molecular flexibility index (Phi) is 2.59. The van der Waals surface area contributed by atoms with Crippen LogP contribution < -0.4 is 5.73 Å². The molecule has 0 aliphatic rings. The molecule has 0 spiro atoms. The molecule has 0 saturated carbocycles. The van der Waals surface area contributed by atoms with Gasteiger partial charge in [-0.3, -0.25) is 0 Å². The van der Waals surface area contributed by atoms with Crippen molar-refractivity contribution in [3.8, 4) is 5.75 Å². The van der Waals surface area contributed by atoms with Crippen LogP contribution in [0, 0.1) is 6.92 Å². The van der Waals surface area contributed by atoms with Crippen LogP contribution in [0.25, 0.3) is 10.9 Å². The number of fused-ring (bicyclic) bond motifs is 1. The normalized spacial score (nSPS) is 11.1. The second-order valence-electron chi connectivity index (χ2n) is 3.59. The summed E-state index contributed by atoms with van der Waals surface area (Å²) in [6.07, 6.45) is 0.736. The van der Waals surface area contributed by atoms with E-state index in [1.165, 1.54) is 0 Å². The molecule has 0 radical (unpaired) electrons. The van der Waals surface area contributed by atoms with E-state index in [2.05, 4.69) is 4.98 Å². The fourth-order valence-electron chi connectivity index (χ4n) is 1.90. The minimum absolute atomic E-state index is 0.141. The maximum absolute atomic E-state index is 9.89. The summed E-state index contributed by atoms with van der Waals surface area (Å²) >= 11 is 5.87. The summed E-state index contributed by atoms with van der Waals surface area (Å²) in [5.41, 5.74) is 8.52. The topological polar surface area (TPSA) is 62.0 Å². The molecule has 2 rings (SSSR count). The largest absolute Gasteiger partial charge is 0.506 e. The summed E-state index contributed by atoms with van der Waals surface area (Å²) in [6.45, 7) is 2.53. The zero-order valence-corrected chi connectivity index (χ0v) is 9.23. The number of rotatable bonds is 2. The van der Waals surface area contributed by atoms with E-state index in [1.54, 1.807) is 6.07 Å². The van der Waals surface area contributed by atoms with Gasteiger partial charge in [0.25, 0.3) is 0 Å². The molecule has 0 fully saturated rings.